The van der Waals surface area contributed by atoms with Gasteiger partial charge in [0.15, 0.2) is 5.78 Å². The number of benzene rings is 1. The van der Waals surface area contributed by atoms with Crippen LogP contribution in [0.4, 0.5) is 0 Å². The summed E-state index contributed by atoms with van der Waals surface area (Å²) in [6.45, 7) is 0. The molecule has 1 aromatic carbocycles. The summed E-state index contributed by atoms with van der Waals surface area (Å²) >= 11 is 4.89. The second-order valence-corrected chi connectivity index (χ2v) is 5.84. The van der Waals surface area contributed by atoms with E-state index in [0.29, 0.717) is 23.0 Å². The van der Waals surface area contributed by atoms with Crippen LogP contribution in [0.25, 0.3) is 0 Å². The van der Waals surface area contributed by atoms with E-state index in [9.17, 15) is 14.7 Å². The average molecular weight is 332 g/mol. The molecule has 0 radical (unpaired) electrons. The van der Waals surface area contributed by atoms with Gasteiger partial charge in [0, 0.05) is 11.8 Å². The number of carbonyl (C=O) groups is 1. The fourth-order valence-electron chi connectivity index (χ4n) is 2.68. The van der Waals surface area contributed by atoms with Gasteiger partial charge in [0.2, 0.25) is 0 Å². The molecular weight excluding hydrogens is 316 g/mol. The van der Waals surface area contributed by atoms with E-state index < -0.39 is 18.4 Å². The van der Waals surface area contributed by atoms with Crippen LogP contribution >= 0.6 is 12.2 Å². The first kappa shape index (κ1) is 15.8. The molecule has 0 spiro atoms. The molecule has 1 aromatic heterocycles. The van der Waals surface area contributed by atoms with Gasteiger partial charge < -0.3 is 9.84 Å². The number of H-pyrrole nitrogens is 1. The Labute approximate surface area is 137 Å². The summed E-state index contributed by atoms with van der Waals surface area (Å²) < 4.78 is 7.44. The van der Waals surface area contributed by atoms with Crippen molar-refractivity contribution in [2.45, 2.75) is 31.3 Å². The van der Waals surface area contributed by atoms with Crippen molar-refractivity contribution in [3.05, 3.63) is 63.3 Å². The summed E-state index contributed by atoms with van der Waals surface area (Å²) in [5.74, 6) is -0.379. The predicted molar refractivity (Wildman–Crippen MR) is 85.8 cm³/mol. The lowest BCUT2D eigenvalue weighted by atomic mass is 10.0. The van der Waals surface area contributed by atoms with Crippen molar-refractivity contribution < 1.29 is 14.6 Å². The Kier molecular flexibility index (Phi) is 4.51. The van der Waals surface area contributed by atoms with E-state index in [4.69, 9.17) is 17.0 Å². The van der Waals surface area contributed by atoms with Gasteiger partial charge in [-0.25, -0.2) is 4.79 Å². The quantitative estimate of drug-likeness (QED) is 0.659. The number of aliphatic hydroxyl groups excluding tert-OH is 1. The topological polar surface area (TPSA) is 84.3 Å². The number of hydrogen-bond acceptors (Lipinski definition) is 5. The van der Waals surface area contributed by atoms with Crippen molar-refractivity contribution in [2.75, 3.05) is 0 Å². The number of ether oxygens (including phenoxy) is 1. The highest BCUT2D eigenvalue weighted by atomic mass is 32.1. The number of nitrogens with one attached hydrogen (secondary N) is 1. The van der Waals surface area contributed by atoms with Crippen molar-refractivity contribution in [3.63, 3.8) is 0 Å². The predicted octanol–water partition coefficient (Wildman–Crippen LogP) is 1.83. The van der Waals surface area contributed by atoms with Crippen molar-refractivity contribution in [2.24, 2.45) is 0 Å². The molecule has 0 bridgehead atoms. The molecule has 1 saturated heterocycles. The lowest BCUT2D eigenvalue weighted by Crippen LogP contribution is -2.35. The van der Waals surface area contributed by atoms with Gasteiger partial charge in [0.25, 0.3) is 0 Å². The number of aromatic amines is 1. The van der Waals surface area contributed by atoms with Crippen LogP contribution in [0.3, 0.4) is 0 Å². The van der Waals surface area contributed by atoms with E-state index in [1.807, 2.05) is 0 Å². The largest absolute Gasteiger partial charge is 0.382 e. The zero-order valence-corrected chi connectivity index (χ0v) is 13.0. The van der Waals surface area contributed by atoms with Crippen LogP contribution in [-0.4, -0.2) is 32.6 Å². The second kappa shape index (κ2) is 6.57. The molecule has 1 fully saturated rings. The van der Waals surface area contributed by atoms with Gasteiger partial charge in [0.05, 0.1) is 6.10 Å². The molecule has 0 aliphatic carbocycles. The molecule has 6 nitrogen and oxygen atoms in total. The molecule has 2 heterocycles. The van der Waals surface area contributed by atoms with E-state index in [2.05, 4.69) is 4.98 Å². The van der Waals surface area contributed by atoms with Crippen molar-refractivity contribution in [1.82, 2.24) is 9.55 Å². The normalized spacial score (nSPS) is 22.0. The molecule has 0 saturated carbocycles. The monoisotopic (exact) mass is 332 g/mol. The van der Waals surface area contributed by atoms with Crippen LogP contribution in [0.5, 0.6) is 0 Å². The molecule has 0 amide bonds. The summed E-state index contributed by atoms with van der Waals surface area (Å²) in [5.41, 5.74) is 0.0695. The molecular formula is C16H16N2O4S. The van der Waals surface area contributed by atoms with E-state index in [1.165, 1.54) is 4.57 Å². The molecule has 23 heavy (non-hydrogen) atoms. The van der Waals surface area contributed by atoms with Gasteiger partial charge in [-0.3, -0.25) is 14.3 Å². The van der Waals surface area contributed by atoms with Crippen LogP contribution in [0, 0.1) is 4.64 Å². The maximum atomic E-state index is 12.3. The number of nitrogens with zero attached hydrogens (tertiary/aromatic N) is 1. The van der Waals surface area contributed by atoms with Gasteiger partial charge in [0.1, 0.15) is 17.0 Å². The third-order valence-electron chi connectivity index (χ3n) is 3.87. The number of ketones is 1. The Morgan fingerprint density at radius 2 is 2.04 bits per heavy atom. The van der Waals surface area contributed by atoms with E-state index in [-0.39, 0.29) is 11.5 Å². The van der Waals surface area contributed by atoms with Crippen LogP contribution < -0.4 is 5.69 Å². The molecule has 3 atom stereocenters. The smallest absolute Gasteiger partial charge is 0.328 e. The summed E-state index contributed by atoms with van der Waals surface area (Å²) in [6.07, 6.45) is 0.182. The molecule has 1 aliphatic heterocycles. The molecule has 1 aliphatic rings. The standard InChI is InChI=1S/C16H16N2O4S/c19-14(10-4-2-1-3-5-10)15(20)11-6-7-13(22-11)18-9-8-12(23)17-16(18)21/h1-5,8-9,11,13,15,20H,6-7H2,(H,17,21,23)/t11-,13+,15?/m0/s1. The first-order valence-electron chi connectivity index (χ1n) is 7.30. The number of rotatable bonds is 4. The number of Topliss-reactive ketones (excluding diaryl/α,β-unsaturated/α-hetero) is 1. The van der Waals surface area contributed by atoms with Crippen molar-refractivity contribution in [1.29, 1.82) is 0 Å². The van der Waals surface area contributed by atoms with Crippen LogP contribution in [0.2, 0.25) is 0 Å². The highest BCUT2D eigenvalue weighted by Gasteiger charge is 2.35. The Balaban J connectivity index is 1.73. The zero-order valence-electron chi connectivity index (χ0n) is 12.2. The highest BCUT2D eigenvalue weighted by Crippen LogP contribution is 2.29. The van der Waals surface area contributed by atoms with Gasteiger partial charge in [-0.2, -0.15) is 0 Å². The maximum Gasteiger partial charge on any atom is 0.328 e. The third-order valence-corrected chi connectivity index (χ3v) is 4.11. The molecule has 2 aromatic rings. The Morgan fingerprint density at radius 3 is 2.74 bits per heavy atom. The number of carbonyl (C=O) groups excluding carboxylic acids is 1. The van der Waals surface area contributed by atoms with Crippen LogP contribution in [0.15, 0.2) is 47.4 Å². The SMILES string of the molecule is O=C(c1ccccc1)C(O)[C@@H]1CC[C@H](n2ccc(=S)[nH]c2=O)O1. The lowest BCUT2D eigenvalue weighted by Gasteiger charge is -2.19. The first-order chi connectivity index (χ1) is 11.1. The fraction of sp³-hybridized carbons (Fsp3) is 0.312. The maximum absolute atomic E-state index is 12.3. The molecule has 2 N–H and O–H groups in total. The highest BCUT2D eigenvalue weighted by molar-refractivity contribution is 7.71. The van der Waals surface area contributed by atoms with Crippen LogP contribution in [0.1, 0.15) is 29.4 Å². The first-order valence-corrected chi connectivity index (χ1v) is 7.71. The average Bonchev–Trinajstić information content (AvgIpc) is 3.04. The van der Waals surface area contributed by atoms with E-state index in [1.54, 1.807) is 42.6 Å². The summed E-state index contributed by atoms with van der Waals surface area (Å²) in [4.78, 5) is 26.7. The number of aliphatic hydroxyl groups is 1. The molecule has 120 valence electrons. The Hall–Kier alpha value is -2.09. The molecule has 7 heteroatoms. The summed E-state index contributed by atoms with van der Waals surface area (Å²) in [5, 5.41) is 10.3. The van der Waals surface area contributed by atoms with Crippen molar-refractivity contribution in [3.8, 4) is 0 Å². The van der Waals surface area contributed by atoms with E-state index in [0.717, 1.165) is 0 Å². The minimum absolute atomic E-state index is 0.347. The number of aromatic nitrogens is 2. The minimum Gasteiger partial charge on any atom is -0.382 e. The minimum atomic E-state index is -1.25. The van der Waals surface area contributed by atoms with E-state index >= 15 is 0 Å². The van der Waals surface area contributed by atoms with Crippen LogP contribution in [-0.2, 0) is 4.74 Å². The van der Waals surface area contributed by atoms with Gasteiger partial charge >= 0.3 is 5.69 Å². The van der Waals surface area contributed by atoms with Gasteiger partial charge in [-0.15, -0.1) is 0 Å². The molecule has 1 unspecified atom stereocenters. The summed E-state index contributed by atoms with van der Waals surface area (Å²) in [6, 6.07) is 10.2. The van der Waals surface area contributed by atoms with Gasteiger partial charge in [-0.05, 0) is 18.9 Å². The molecule has 3 rings (SSSR count). The second-order valence-electron chi connectivity index (χ2n) is 5.40. The lowest BCUT2D eigenvalue weighted by molar-refractivity contribution is -0.0501. The number of hydrogen-bond donors (Lipinski definition) is 2. The summed E-state index contributed by atoms with van der Waals surface area (Å²) in [7, 11) is 0. The fourth-order valence-corrected chi connectivity index (χ4v) is 2.83. The Bertz CT molecular complexity index is 815. The zero-order chi connectivity index (χ0) is 16.4. The van der Waals surface area contributed by atoms with Gasteiger partial charge in [-0.1, -0.05) is 42.5 Å². The third kappa shape index (κ3) is 3.31. The van der Waals surface area contributed by atoms with Crippen molar-refractivity contribution >= 4 is 18.0 Å². The Morgan fingerprint density at radius 1 is 1.30 bits per heavy atom.